The topological polar surface area (TPSA) is 119 Å². The third-order valence-corrected chi connectivity index (χ3v) is 5.32. The first-order valence-corrected chi connectivity index (χ1v) is 9.78. The van der Waals surface area contributed by atoms with E-state index in [9.17, 15) is 13.2 Å². The Morgan fingerprint density at radius 2 is 1.85 bits per heavy atom. The van der Waals surface area contributed by atoms with Crippen LogP contribution in [-0.2, 0) is 21.9 Å². The molecule has 1 aromatic carbocycles. The molecule has 0 fully saturated rings. The Morgan fingerprint density at radius 1 is 1.23 bits per heavy atom. The van der Waals surface area contributed by atoms with Crippen molar-refractivity contribution in [2.75, 3.05) is 13.1 Å². The average molecular weight is 379 g/mol. The Kier molecular flexibility index (Phi) is 6.52. The third-order valence-electron chi connectivity index (χ3n) is 3.96. The summed E-state index contributed by atoms with van der Waals surface area (Å²) < 4.78 is 27.7. The molecule has 26 heavy (non-hydrogen) atoms. The van der Waals surface area contributed by atoms with Crippen LogP contribution in [0.3, 0.4) is 0 Å². The zero-order valence-corrected chi connectivity index (χ0v) is 16.0. The lowest BCUT2D eigenvalue weighted by Crippen LogP contribution is -2.39. The number of sulfonamides is 1. The van der Waals surface area contributed by atoms with Gasteiger partial charge in [-0.3, -0.25) is 9.48 Å². The molecule has 0 radical (unpaired) electrons. The van der Waals surface area contributed by atoms with E-state index >= 15 is 0 Å². The van der Waals surface area contributed by atoms with Gasteiger partial charge in [0, 0.05) is 25.8 Å². The molecule has 1 unspecified atom stereocenters. The molecular weight excluding hydrogens is 354 g/mol. The van der Waals surface area contributed by atoms with Crippen molar-refractivity contribution in [3.8, 4) is 0 Å². The number of hydrogen-bond acceptors (Lipinski definition) is 5. The van der Waals surface area contributed by atoms with Crippen molar-refractivity contribution in [3.63, 3.8) is 0 Å². The minimum Gasteiger partial charge on any atom is -0.353 e. The number of nitrogens with two attached hydrogens (primary N) is 1. The molecule has 0 aliphatic rings. The molecular formula is C17H25N5O3S. The maximum atomic E-state index is 12.0. The molecule has 1 amide bonds. The highest BCUT2D eigenvalue weighted by Gasteiger charge is 2.17. The van der Waals surface area contributed by atoms with E-state index in [-0.39, 0.29) is 24.0 Å². The Bertz CT molecular complexity index is 844. The molecule has 142 valence electrons. The molecule has 8 nitrogen and oxygen atoms in total. The van der Waals surface area contributed by atoms with E-state index in [1.165, 1.54) is 22.6 Å². The second-order valence-corrected chi connectivity index (χ2v) is 8.17. The molecule has 0 aliphatic carbocycles. The number of nitrogens with zero attached hydrogens (tertiary/aromatic N) is 2. The van der Waals surface area contributed by atoms with Crippen LogP contribution >= 0.6 is 0 Å². The van der Waals surface area contributed by atoms with Crippen LogP contribution in [0.2, 0.25) is 0 Å². The standard InChI is InChI=1S/C17H25N5O3S/c1-12(2)13-4-6-14(7-5-13)16(18)9-19-17(23)10-21-26(24,25)15-8-20-22(3)11-15/h4-8,11-12,16,21H,9-10,18H2,1-3H3,(H,19,23). The highest BCUT2D eigenvalue weighted by atomic mass is 32.2. The van der Waals surface area contributed by atoms with Crippen LogP contribution in [-0.4, -0.2) is 37.2 Å². The third kappa shape index (κ3) is 5.38. The first-order chi connectivity index (χ1) is 12.2. The molecule has 0 aliphatic heterocycles. The molecule has 1 heterocycles. The number of amides is 1. The Labute approximate surface area is 153 Å². The fourth-order valence-electron chi connectivity index (χ4n) is 2.31. The quantitative estimate of drug-likeness (QED) is 0.622. The highest BCUT2D eigenvalue weighted by Crippen LogP contribution is 2.17. The van der Waals surface area contributed by atoms with Gasteiger partial charge in [0.15, 0.2) is 0 Å². The zero-order chi connectivity index (χ0) is 19.3. The van der Waals surface area contributed by atoms with Gasteiger partial charge in [-0.05, 0) is 17.0 Å². The fourth-order valence-corrected chi connectivity index (χ4v) is 3.28. The van der Waals surface area contributed by atoms with E-state index < -0.39 is 15.9 Å². The number of aryl methyl sites for hydroxylation is 1. The number of hydrogen-bond donors (Lipinski definition) is 3. The average Bonchev–Trinajstić information content (AvgIpc) is 3.05. The molecule has 2 aromatic rings. The number of benzene rings is 1. The lowest BCUT2D eigenvalue weighted by Gasteiger charge is -2.15. The summed E-state index contributed by atoms with van der Waals surface area (Å²) in [5, 5.41) is 6.44. The SMILES string of the molecule is CC(C)c1ccc(C(N)CNC(=O)CNS(=O)(=O)c2cnn(C)c2)cc1. The molecule has 1 atom stereocenters. The van der Waals surface area contributed by atoms with Gasteiger partial charge in [0.1, 0.15) is 4.90 Å². The van der Waals surface area contributed by atoms with E-state index in [0.717, 1.165) is 5.56 Å². The zero-order valence-electron chi connectivity index (χ0n) is 15.1. The van der Waals surface area contributed by atoms with Crippen molar-refractivity contribution < 1.29 is 13.2 Å². The monoisotopic (exact) mass is 379 g/mol. The Morgan fingerprint density at radius 3 is 2.38 bits per heavy atom. The van der Waals surface area contributed by atoms with Crippen LogP contribution < -0.4 is 15.8 Å². The molecule has 2 rings (SSSR count). The summed E-state index contributed by atoms with van der Waals surface area (Å²) in [4.78, 5) is 11.9. The van der Waals surface area contributed by atoms with Gasteiger partial charge >= 0.3 is 0 Å². The van der Waals surface area contributed by atoms with E-state index in [1.807, 2.05) is 24.3 Å². The van der Waals surface area contributed by atoms with Gasteiger partial charge in [0.2, 0.25) is 15.9 Å². The van der Waals surface area contributed by atoms with Crippen LogP contribution in [0.25, 0.3) is 0 Å². The summed E-state index contributed by atoms with van der Waals surface area (Å²) in [7, 11) is -2.15. The van der Waals surface area contributed by atoms with Crippen LogP contribution in [0.15, 0.2) is 41.6 Å². The van der Waals surface area contributed by atoms with Gasteiger partial charge in [-0.15, -0.1) is 0 Å². The summed E-state index contributed by atoms with van der Waals surface area (Å²) in [6, 6.07) is 7.55. The number of rotatable bonds is 8. The molecule has 1 aromatic heterocycles. The summed E-state index contributed by atoms with van der Waals surface area (Å²) in [5.41, 5.74) is 8.21. The summed E-state index contributed by atoms with van der Waals surface area (Å²) >= 11 is 0. The van der Waals surface area contributed by atoms with E-state index in [2.05, 4.69) is 29.0 Å². The van der Waals surface area contributed by atoms with Crippen molar-refractivity contribution in [1.29, 1.82) is 0 Å². The maximum Gasteiger partial charge on any atom is 0.244 e. The Hall–Kier alpha value is -2.23. The second kappa shape index (κ2) is 8.43. The highest BCUT2D eigenvalue weighted by molar-refractivity contribution is 7.89. The van der Waals surface area contributed by atoms with Crippen LogP contribution in [0, 0.1) is 0 Å². The van der Waals surface area contributed by atoms with Crippen LogP contribution in [0.5, 0.6) is 0 Å². The molecule has 9 heteroatoms. The number of carbonyl (C=O) groups excluding carboxylic acids is 1. The van der Waals surface area contributed by atoms with Gasteiger partial charge < -0.3 is 11.1 Å². The molecule has 0 saturated heterocycles. The summed E-state index contributed by atoms with van der Waals surface area (Å²) in [6.07, 6.45) is 2.58. The van der Waals surface area contributed by atoms with Crippen molar-refractivity contribution in [2.45, 2.75) is 30.7 Å². The Balaban J connectivity index is 1.82. The summed E-state index contributed by atoms with van der Waals surface area (Å²) in [6.45, 7) is 4.08. The largest absolute Gasteiger partial charge is 0.353 e. The van der Waals surface area contributed by atoms with Gasteiger partial charge in [-0.25, -0.2) is 13.1 Å². The van der Waals surface area contributed by atoms with Crippen LogP contribution in [0.4, 0.5) is 0 Å². The lowest BCUT2D eigenvalue weighted by atomic mass is 9.99. The smallest absolute Gasteiger partial charge is 0.244 e. The number of aromatic nitrogens is 2. The van der Waals surface area contributed by atoms with Crippen molar-refractivity contribution in [2.24, 2.45) is 12.8 Å². The van der Waals surface area contributed by atoms with Crippen molar-refractivity contribution in [1.82, 2.24) is 19.8 Å². The first kappa shape index (κ1) is 20.1. The van der Waals surface area contributed by atoms with Gasteiger partial charge in [-0.1, -0.05) is 38.1 Å². The lowest BCUT2D eigenvalue weighted by molar-refractivity contribution is -0.120. The number of nitrogens with one attached hydrogen (secondary N) is 2. The fraction of sp³-hybridized carbons (Fsp3) is 0.412. The molecule has 0 saturated carbocycles. The second-order valence-electron chi connectivity index (χ2n) is 6.41. The van der Waals surface area contributed by atoms with Gasteiger partial charge in [0.05, 0.1) is 12.7 Å². The normalized spacial score (nSPS) is 13.0. The predicted octanol–water partition coefficient (Wildman–Crippen LogP) is 0.638. The molecule has 0 bridgehead atoms. The first-order valence-electron chi connectivity index (χ1n) is 8.29. The molecule has 4 N–H and O–H groups in total. The van der Waals surface area contributed by atoms with Crippen LogP contribution in [0.1, 0.15) is 36.9 Å². The molecule has 0 spiro atoms. The predicted molar refractivity (Wildman–Crippen MR) is 98.9 cm³/mol. The van der Waals surface area contributed by atoms with E-state index in [1.54, 1.807) is 7.05 Å². The minimum atomic E-state index is -3.76. The van der Waals surface area contributed by atoms with Gasteiger partial charge in [-0.2, -0.15) is 5.10 Å². The van der Waals surface area contributed by atoms with E-state index in [0.29, 0.717) is 5.92 Å². The van der Waals surface area contributed by atoms with Crippen molar-refractivity contribution in [3.05, 3.63) is 47.8 Å². The summed E-state index contributed by atoms with van der Waals surface area (Å²) in [5.74, 6) is -0.0143. The van der Waals surface area contributed by atoms with Gasteiger partial charge in [0.25, 0.3) is 0 Å². The van der Waals surface area contributed by atoms with Crippen molar-refractivity contribution >= 4 is 15.9 Å². The maximum absolute atomic E-state index is 12.0. The minimum absolute atomic E-state index is 0.00902. The van der Waals surface area contributed by atoms with E-state index in [4.69, 9.17) is 5.73 Å². The number of carbonyl (C=O) groups is 1.